The number of hydrogen-bond donors (Lipinski definition) is 2. The van der Waals surface area contributed by atoms with Gasteiger partial charge in [-0.15, -0.1) is 11.3 Å². The Labute approximate surface area is 117 Å². The zero-order valence-electron chi connectivity index (χ0n) is 10.9. The predicted molar refractivity (Wildman–Crippen MR) is 73.4 cm³/mol. The molecule has 1 aromatic rings. The molecule has 1 heterocycles. The van der Waals surface area contributed by atoms with Crippen LogP contribution >= 0.6 is 11.3 Å². The molecule has 0 bridgehead atoms. The van der Waals surface area contributed by atoms with Crippen LogP contribution in [0.25, 0.3) is 0 Å². The molecule has 0 radical (unpaired) electrons. The average molecular weight is 306 g/mol. The number of thiophene rings is 1. The summed E-state index contributed by atoms with van der Waals surface area (Å²) in [7, 11) is -1.94. The summed E-state index contributed by atoms with van der Waals surface area (Å²) in [5, 5.41) is 10.6. The van der Waals surface area contributed by atoms with E-state index in [9.17, 15) is 13.2 Å². The third-order valence-corrected chi connectivity index (χ3v) is 5.57. The van der Waals surface area contributed by atoms with Gasteiger partial charge in [-0.1, -0.05) is 6.07 Å². The van der Waals surface area contributed by atoms with Crippen molar-refractivity contribution in [3.63, 3.8) is 0 Å². The first-order chi connectivity index (χ1) is 8.88. The first-order valence-electron chi connectivity index (χ1n) is 5.78. The summed E-state index contributed by atoms with van der Waals surface area (Å²) in [4.78, 5) is 13.1. The maximum atomic E-state index is 11.8. The van der Waals surface area contributed by atoms with Gasteiger partial charge in [-0.2, -0.15) is 0 Å². The number of rotatable bonds is 7. The minimum atomic E-state index is -3.52. The standard InChI is InChI=1S/C11H18N2O4S2/c1-9(8-14)13(2)10(15)5-6-12-19(16,17)11-4-3-7-18-11/h3-4,7,9,12,14H,5-6,8H2,1-2H3. The minimum Gasteiger partial charge on any atom is -0.394 e. The van der Waals surface area contributed by atoms with E-state index in [1.54, 1.807) is 25.4 Å². The van der Waals surface area contributed by atoms with E-state index in [4.69, 9.17) is 5.11 Å². The van der Waals surface area contributed by atoms with Gasteiger partial charge in [0.1, 0.15) is 4.21 Å². The molecular weight excluding hydrogens is 288 g/mol. The van der Waals surface area contributed by atoms with E-state index in [2.05, 4.69) is 4.72 Å². The van der Waals surface area contributed by atoms with Crippen LogP contribution in [0.1, 0.15) is 13.3 Å². The lowest BCUT2D eigenvalue weighted by atomic mass is 10.3. The highest BCUT2D eigenvalue weighted by molar-refractivity contribution is 7.91. The molecule has 0 spiro atoms. The molecule has 1 amide bonds. The summed E-state index contributed by atoms with van der Waals surface area (Å²) in [6, 6.07) is 2.89. The van der Waals surface area contributed by atoms with E-state index >= 15 is 0 Å². The monoisotopic (exact) mass is 306 g/mol. The second-order valence-electron chi connectivity index (χ2n) is 4.12. The lowest BCUT2D eigenvalue weighted by Gasteiger charge is -2.23. The van der Waals surface area contributed by atoms with Crippen LogP contribution in [0.15, 0.2) is 21.7 Å². The van der Waals surface area contributed by atoms with E-state index in [1.807, 2.05) is 0 Å². The molecule has 0 aromatic carbocycles. The molecule has 2 N–H and O–H groups in total. The predicted octanol–water partition coefficient (Wildman–Crippen LogP) is 0.256. The highest BCUT2D eigenvalue weighted by Crippen LogP contribution is 2.15. The molecule has 19 heavy (non-hydrogen) atoms. The first kappa shape index (κ1) is 16.1. The number of likely N-dealkylation sites (N-methyl/N-ethyl adjacent to an activating group) is 1. The van der Waals surface area contributed by atoms with Gasteiger partial charge in [0.25, 0.3) is 0 Å². The van der Waals surface area contributed by atoms with Crippen LogP contribution in [0, 0.1) is 0 Å². The van der Waals surface area contributed by atoms with Crippen molar-refractivity contribution < 1.29 is 18.3 Å². The number of aliphatic hydroxyl groups is 1. The van der Waals surface area contributed by atoms with Crippen molar-refractivity contribution >= 4 is 27.3 Å². The fourth-order valence-corrected chi connectivity index (χ4v) is 3.39. The maximum absolute atomic E-state index is 11.8. The molecule has 0 saturated carbocycles. The number of nitrogens with one attached hydrogen (secondary N) is 1. The normalized spacial score (nSPS) is 13.2. The third kappa shape index (κ3) is 4.57. The van der Waals surface area contributed by atoms with Crippen molar-refractivity contribution in [3.05, 3.63) is 17.5 Å². The van der Waals surface area contributed by atoms with Crippen molar-refractivity contribution in [2.45, 2.75) is 23.6 Å². The molecule has 1 aromatic heterocycles. The van der Waals surface area contributed by atoms with E-state index in [0.717, 1.165) is 11.3 Å². The van der Waals surface area contributed by atoms with Gasteiger partial charge in [-0.25, -0.2) is 13.1 Å². The van der Waals surface area contributed by atoms with Gasteiger partial charge in [-0.05, 0) is 18.4 Å². The molecular formula is C11H18N2O4S2. The number of carbonyl (C=O) groups excluding carboxylic acids is 1. The van der Waals surface area contributed by atoms with Crippen molar-refractivity contribution in [2.24, 2.45) is 0 Å². The van der Waals surface area contributed by atoms with Crippen LogP contribution < -0.4 is 4.72 Å². The van der Waals surface area contributed by atoms with Gasteiger partial charge in [0, 0.05) is 20.0 Å². The first-order valence-corrected chi connectivity index (χ1v) is 8.14. The lowest BCUT2D eigenvalue weighted by molar-refractivity contribution is -0.132. The SMILES string of the molecule is CC(CO)N(C)C(=O)CCNS(=O)(=O)c1cccs1. The lowest BCUT2D eigenvalue weighted by Crippen LogP contribution is -2.39. The van der Waals surface area contributed by atoms with Gasteiger partial charge in [0.05, 0.1) is 12.6 Å². The Balaban J connectivity index is 2.45. The van der Waals surface area contributed by atoms with Crippen molar-refractivity contribution in [2.75, 3.05) is 20.2 Å². The number of hydrogen-bond acceptors (Lipinski definition) is 5. The zero-order valence-corrected chi connectivity index (χ0v) is 12.5. The highest BCUT2D eigenvalue weighted by Gasteiger charge is 2.17. The van der Waals surface area contributed by atoms with Crippen LogP contribution in [0.4, 0.5) is 0 Å². The maximum Gasteiger partial charge on any atom is 0.250 e. The Morgan fingerprint density at radius 1 is 1.58 bits per heavy atom. The van der Waals surface area contributed by atoms with Crippen molar-refractivity contribution in [1.82, 2.24) is 9.62 Å². The number of amides is 1. The topological polar surface area (TPSA) is 86.7 Å². The quantitative estimate of drug-likeness (QED) is 0.756. The van der Waals surface area contributed by atoms with Crippen LogP contribution in [0.2, 0.25) is 0 Å². The second-order valence-corrected chi connectivity index (χ2v) is 7.06. The summed E-state index contributed by atoms with van der Waals surface area (Å²) >= 11 is 1.12. The molecule has 1 unspecified atom stereocenters. The molecule has 0 fully saturated rings. The van der Waals surface area contributed by atoms with E-state index in [0.29, 0.717) is 0 Å². The van der Waals surface area contributed by atoms with Crippen molar-refractivity contribution in [1.29, 1.82) is 0 Å². The Bertz CT molecular complexity index is 499. The van der Waals surface area contributed by atoms with E-state index in [-0.39, 0.29) is 35.7 Å². The third-order valence-electron chi connectivity index (χ3n) is 2.71. The summed E-state index contributed by atoms with van der Waals surface area (Å²) in [6.07, 6.45) is 0.0610. The zero-order chi connectivity index (χ0) is 14.5. The molecule has 0 aliphatic carbocycles. The molecule has 0 aliphatic rings. The van der Waals surface area contributed by atoms with Crippen LogP contribution in [0.3, 0.4) is 0 Å². The Morgan fingerprint density at radius 3 is 2.79 bits per heavy atom. The fraction of sp³-hybridized carbons (Fsp3) is 0.545. The van der Waals surface area contributed by atoms with Crippen LogP contribution in [-0.4, -0.2) is 50.6 Å². The highest BCUT2D eigenvalue weighted by atomic mass is 32.2. The molecule has 8 heteroatoms. The summed E-state index contributed by atoms with van der Waals surface area (Å²) in [5.41, 5.74) is 0. The number of nitrogens with zero attached hydrogens (tertiary/aromatic N) is 1. The van der Waals surface area contributed by atoms with Crippen LogP contribution in [-0.2, 0) is 14.8 Å². The number of aliphatic hydroxyl groups excluding tert-OH is 1. The molecule has 1 rings (SSSR count). The second kappa shape index (κ2) is 6.99. The Morgan fingerprint density at radius 2 is 2.26 bits per heavy atom. The van der Waals surface area contributed by atoms with Gasteiger partial charge < -0.3 is 10.0 Å². The van der Waals surface area contributed by atoms with Crippen molar-refractivity contribution in [3.8, 4) is 0 Å². The van der Waals surface area contributed by atoms with E-state index < -0.39 is 10.0 Å². The summed E-state index contributed by atoms with van der Waals surface area (Å²) in [5.74, 6) is -0.213. The summed E-state index contributed by atoms with van der Waals surface area (Å²) < 4.78 is 26.1. The van der Waals surface area contributed by atoms with Gasteiger partial charge in [-0.3, -0.25) is 4.79 Å². The fourth-order valence-electron chi connectivity index (χ4n) is 1.32. The van der Waals surface area contributed by atoms with Gasteiger partial charge in [0.2, 0.25) is 15.9 Å². The van der Waals surface area contributed by atoms with Gasteiger partial charge in [0.15, 0.2) is 0 Å². The molecule has 6 nitrogen and oxygen atoms in total. The average Bonchev–Trinajstić information content (AvgIpc) is 2.91. The smallest absolute Gasteiger partial charge is 0.250 e. The molecule has 1 atom stereocenters. The Hall–Kier alpha value is -0.960. The molecule has 0 aliphatic heterocycles. The molecule has 0 saturated heterocycles. The van der Waals surface area contributed by atoms with E-state index in [1.165, 1.54) is 11.0 Å². The summed E-state index contributed by atoms with van der Waals surface area (Å²) in [6.45, 7) is 1.64. The van der Waals surface area contributed by atoms with Crippen LogP contribution in [0.5, 0.6) is 0 Å². The van der Waals surface area contributed by atoms with Gasteiger partial charge >= 0.3 is 0 Å². The molecule has 108 valence electrons. The number of carbonyl (C=O) groups is 1. The minimum absolute atomic E-state index is 0.0432. The largest absolute Gasteiger partial charge is 0.394 e. The Kier molecular flexibility index (Phi) is 5.92. The number of sulfonamides is 1.